The second kappa shape index (κ2) is 16.0. The van der Waals surface area contributed by atoms with Crippen LogP contribution in [0.25, 0.3) is 12.2 Å². The molecule has 40 heavy (non-hydrogen) atoms. The molecule has 3 rings (SSSR count). The molecule has 1 aliphatic rings. The fraction of sp³-hybridized carbons (Fsp3) is 0.333. The van der Waals surface area contributed by atoms with Crippen molar-refractivity contribution >= 4 is 23.5 Å². The third-order valence-corrected chi connectivity index (χ3v) is 7.22. The molecule has 0 aromatic heterocycles. The van der Waals surface area contributed by atoms with Crippen LogP contribution in [0.5, 0.6) is 0 Å². The van der Waals surface area contributed by atoms with E-state index < -0.39 is 0 Å². The smallest absolute Gasteiger partial charge is 0.137 e. The van der Waals surface area contributed by atoms with Crippen LogP contribution in [-0.4, -0.2) is 26.2 Å². The van der Waals surface area contributed by atoms with E-state index in [1.165, 1.54) is 11.4 Å². The summed E-state index contributed by atoms with van der Waals surface area (Å²) >= 11 is 0. The molecule has 1 fully saturated rings. The van der Waals surface area contributed by atoms with Gasteiger partial charge in [-0.15, -0.1) is 0 Å². The fourth-order valence-corrected chi connectivity index (χ4v) is 5.14. The van der Waals surface area contributed by atoms with Crippen molar-refractivity contribution in [3.8, 4) is 12.1 Å². The predicted molar refractivity (Wildman–Crippen MR) is 171 cm³/mol. The molecule has 0 heterocycles. The minimum absolute atomic E-state index is 0.177. The first kappa shape index (κ1) is 30.3. The van der Waals surface area contributed by atoms with Gasteiger partial charge in [0.25, 0.3) is 0 Å². The maximum Gasteiger partial charge on any atom is 0.137 e. The summed E-state index contributed by atoms with van der Waals surface area (Å²) < 4.78 is 0. The van der Waals surface area contributed by atoms with Crippen molar-refractivity contribution in [2.24, 2.45) is 0 Å². The van der Waals surface area contributed by atoms with Gasteiger partial charge in [-0.1, -0.05) is 74.6 Å². The molecule has 2 aromatic rings. The number of anilines is 2. The topological polar surface area (TPSA) is 54.1 Å². The van der Waals surface area contributed by atoms with E-state index in [1.54, 1.807) is 0 Å². The Morgan fingerprint density at radius 1 is 0.675 bits per heavy atom. The van der Waals surface area contributed by atoms with Crippen molar-refractivity contribution in [1.82, 2.24) is 0 Å². The molecule has 206 valence electrons. The molecule has 0 bridgehead atoms. The van der Waals surface area contributed by atoms with E-state index in [1.807, 2.05) is 24.3 Å². The normalized spacial score (nSPS) is 15.2. The highest BCUT2D eigenvalue weighted by Crippen LogP contribution is 2.38. The van der Waals surface area contributed by atoms with Gasteiger partial charge in [0, 0.05) is 43.1 Å². The Kier molecular flexibility index (Phi) is 12.1. The number of nitrogens with zero attached hydrogens (tertiary/aromatic N) is 4. The number of hydrogen-bond acceptors (Lipinski definition) is 4. The molecular weight excluding hydrogens is 488 g/mol. The van der Waals surface area contributed by atoms with Crippen molar-refractivity contribution in [1.29, 1.82) is 10.5 Å². The highest BCUT2D eigenvalue weighted by molar-refractivity contribution is 5.65. The highest BCUT2D eigenvalue weighted by Gasteiger charge is 2.22. The number of benzene rings is 2. The standard InChI is InChI=1S/C36H42N4/c1-5-25-39(7-3)34-21-15-29(16-22-34)11-9-13-31-19-20-32(36(31)33(27-37)28-38)14-10-12-30-17-23-35(24-18-30)40(8-4)26-6-2/h9-18,21-24H,5-8,19-20,25-26H2,1-4H3/b11-9+,12-10+,31-13+,32-14+. The summed E-state index contributed by atoms with van der Waals surface area (Å²) in [6.45, 7) is 12.9. The van der Waals surface area contributed by atoms with Gasteiger partial charge in [-0.25, -0.2) is 0 Å². The first-order chi connectivity index (χ1) is 19.6. The number of nitriles is 2. The van der Waals surface area contributed by atoms with Crippen molar-refractivity contribution in [2.75, 3.05) is 36.0 Å². The van der Waals surface area contributed by atoms with Gasteiger partial charge in [0.05, 0.1) is 0 Å². The molecular formula is C36H42N4. The van der Waals surface area contributed by atoms with Gasteiger partial charge < -0.3 is 9.80 Å². The second-order valence-electron chi connectivity index (χ2n) is 9.92. The third-order valence-electron chi connectivity index (χ3n) is 7.22. The molecule has 0 atom stereocenters. The van der Waals surface area contributed by atoms with Crippen LogP contribution >= 0.6 is 0 Å². The van der Waals surface area contributed by atoms with Gasteiger partial charge in [-0.2, -0.15) is 10.5 Å². The van der Waals surface area contributed by atoms with Crippen LogP contribution in [0.15, 0.2) is 95.1 Å². The average Bonchev–Trinajstić information content (AvgIpc) is 3.38. The van der Waals surface area contributed by atoms with Gasteiger partial charge in [-0.3, -0.25) is 0 Å². The molecule has 0 saturated heterocycles. The summed E-state index contributed by atoms with van der Waals surface area (Å²) in [5.74, 6) is 0. The van der Waals surface area contributed by atoms with E-state index in [9.17, 15) is 10.5 Å². The van der Waals surface area contributed by atoms with Crippen LogP contribution in [0.3, 0.4) is 0 Å². The fourth-order valence-electron chi connectivity index (χ4n) is 5.14. The Morgan fingerprint density at radius 2 is 1.07 bits per heavy atom. The van der Waals surface area contributed by atoms with E-state index >= 15 is 0 Å². The summed E-state index contributed by atoms with van der Waals surface area (Å²) in [5, 5.41) is 19.3. The number of hydrogen-bond donors (Lipinski definition) is 0. The molecule has 0 spiro atoms. The van der Waals surface area contributed by atoms with Crippen molar-refractivity contribution in [3.05, 3.63) is 106 Å². The SMILES string of the molecule is CCCN(CC)c1ccc(/C=C/C=C2\CC/C(=C\C=C\c3ccc(N(CC)CCC)cc3)C2=C(C#N)C#N)cc1. The van der Waals surface area contributed by atoms with Crippen LogP contribution in [0.1, 0.15) is 64.5 Å². The van der Waals surface area contributed by atoms with E-state index in [4.69, 9.17) is 0 Å². The molecule has 4 heteroatoms. The molecule has 2 aromatic carbocycles. The lowest BCUT2D eigenvalue weighted by molar-refractivity contribution is 0.792. The van der Waals surface area contributed by atoms with Crippen LogP contribution < -0.4 is 9.80 Å². The van der Waals surface area contributed by atoms with Crippen molar-refractivity contribution < 1.29 is 0 Å². The molecule has 1 aliphatic carbocycles. The maximum atomic E-state index is 9.66. The summed E-state index contributed by atoms with van der Waals surface area (Å²) in [6, 6.07) is 21.4. The Balaban J connectivity index is 1.76. The summed E-state index contributed by atoms with van der Waals surface area (Å²) in [6.07, 6.45) is 16.2. The summed E-state index contributed by atoms with van der Waals surface area (Å²) in [7, 11) is 0. The Hall–Kier alpha value is -4.28. The monoisotopic (exact) mass is 530 g/mol. The maximum absolute atomic E-state index is 9.66. The van der Waals surface area contributed by atoms with Gasteiger partial charge >= 0.3 is 0 Å². The molecule has 0 radical (unpaired) electrons. The Labute approximate surface area is 241 Å². The lowest BCUT2D eigenvalue weighted by atomic mass is 9.99. The van der Waals surface area contributed by atoms with Gasteiger partial charge in [0.15, 0.2) is 0 Å². The van der Waals surface area contributed by atoms with E-state index in [0.29, 0.717) is 0 Å². The Morgan fingerprint density at radius 3 is 1.40 bits per heavy atom. The largest absolute Gasteiger partial charge is 0.372 e. The molecule has 1 saturated carbocycles. The molecule has 0 N–H and O–H groups in total. The lowest BCUT2D eigenvalue weighted by Gasteiger charge is -2.22. The van der Waals surface area contributed by atoms with E-state index in [2.05, 4.69) is 110 Å². The first-order valence-electron chi connectivity index (χ1n) is 14.6. The molecule has 0 unspecified atom stereocenters. The zero-order chi connectivity index (χ0) is 28.7. The first-order valence-corrected chi connectivity index (χ1v) is 14.6. The van der Waals surface area contributed by atoms with Gasteiger partial charge in [0.2, 0.25) is 0 Å². The van der Waals surface area contributed by atoms with Crippen LogP contribution in [-0.2, 0) is 0 Å². The Bertz CT molecular complexity index is 1240. The third kappa shape index (κ3) is 8.11. The minimum atomic E-state index is 0.177. The van der Waals surface area contributed by atoms with E-state index in [0.717, 1.165) is 79.7 Å². The van der Waals surface area contributed by atoms with Gasteiger partial charge in [-0.05, 0) is 86.1 Å². The van der Waals surface area contributed by atoms with Crippen LogP contribution in [0.2, 0.25) is 0 Å². The highest BCUT2D eigenvalue weighted by atomic mass is 15.1. The summed E-state index contributed by atoms with van der Waals surface area (Å²) in [5.41, 5.74) is 7.76. The number of rotatable bonds is 12. The van der Waals surface area contributed by atoms with Crippen molar-refractivity contribution in [3.63, 3.8) is 0 Å². The zero-order valence-electron chi connectivity index (χ0n) is 24.5. The lowest BCUT2D eigenvalue weighted by Crippen LogP contribution is -2.23. The predicted octanol–water partition coefficient (Wildman–Crippen LogP) is 8.88. The van der Waals surface area contributed by atoms with Crippen molar-refractivity contribution in [2.45, 2.75) is 53.4 Å². The van der Waals surface area contributed by atoms with Crippen LogP contribution in [0.4, 0.5) is 11.4 Å². The minimum Gasteiger partial charge on any atom is -0.372 e. The second-order valence-corrected chi connectivity index (χ2v) is 9.92. The average molecular weight is 531 g/mol. The quantitative estimate of drug-likeness (QED) is 0.257. The molecule has 0 aliphatic heterocycles. The van der Waals surface area contributed by atoms with Crippen LogP contribution in [0, 0.1) is 22.7 Å². The summed E-state index contributed by atoms with van der Waals surface area (Å²) in [4.78, 5) is 4.75. The molecule has 4 nitrogen and oxygen atoms in total. The molecule has 0 amide bonds. The van der Waals surface area contributed by atoms with Gasteiger partial charge in [0.1, 0.15) is 17.7 Å². The zero-order valence-corrected chi connectivity index (χ0v) is 24.5. The number of allylic oxidation sites excluding steroid dienone is 8. The van der Waals surface area contributed by atoms with E-state index in [-0.39, 0.29) is 5.57 Å².